The van der Waals surface area contributed by atoms with Crippen molar-refractivity contribution in [1.29, 1.82) is 0 Å². The van der Waals surface area contributed by atoms with Gasteiger partial charge in [-0.2, -0.15) is 19.9 Å². The number of piperazine rings is 1. The van der Waals surface area contributed by atoms with Crippen LogP contribution < -0.4 is 9.80 Å². The van der Waals surface area contributed by atoms with Crippen LogP contribution in [0.1, 0.15) is 36.6 Å². The molecule has 53 heavy (non-hydrogen) atoms. The number of anilines is 2. The third-order valence-corrected chi connectivity index (χ3v) is 8.40. The van der Waals surface area contributed by atoms with Gasteiger partial charge in [-0.3, -0.25) is 14.5 Å². The second kappa shape index (κ2) is 19.1. The molecule has 21 heteroatoms. The van der Waals surface area contributed by atoms with Crippen LogP contribution in [-0.2, 0) is 9.59 Å². The number of hydrogen-bond donors (Lipinski definition) is 0. The Kier molecular flexibility index (Phi) is 14.9. The van der Waals surface area contributed by atoms with Crippen LogP contribution in [0.15, 0.2) is 25.3 Å². The molecule has 0 aliphatic carbocycles. The number of fused-ring (bicyclic) bond motifs is 1. The van der Waals surface area contributed by atoms with Crippen molar-refractivity contribution in [2.45, 2.75) is 41.0 Å². The van der Waals surface area contributed by atoms with Gasteiger partial charge in [0.05, 0.1) is 20.0 Å². The topological polar surface area (TPSA) is 179 Å². The maximum Gasteiger partial charge on any atom is 0.248 e. The van der Waals surface area contributed by atoms with Crippen molar-refractivity contribution in [1.82, 2.24) is 64.5 Å². The van der Waals surface area contributed by atoms with E-state index in [0.717, 1.165) is 39.1 Å². The molecule has 2 amide bonds. The van der Waals surface area contributed by atoms with Gasteiger partial charge in [0.25, 0.3) is 0 Å². The van der Waals surface area contributed by atoms with Crippen molar-refractivity contribution >= 4 is 81.1 Å². The van der Waals surface area contributed by atoms with Crippen molar-refractivity contribution in [3.63, 3.8) is 0 Å². The number of aryl methyl sites for hydroxylation is 4. The van der Waals surface area contributed by atoms with Gasteiger partial charge in [0.1, 0.15) is 34.3 Å². The highest BCUT2D eigenvalue weighted by Gasteiger charge is 2.27. The molecule has 4 aromatic rings. The Bertz CT molecular complexity index is 1790. The standard InChI is InChI=1S/C12H14Cl2N8.C12H19N3O2.C8H6Cl2N4/c1-7-15-9(13)19-11(17-7)21-3-5-22(6-4-21)12-18-8(2)16-10(14)20-12;1-4-7-13-8-14(11(16)5-2)10-15(9-13)12(17)6-3;1-3-11-5-6(7(9)13-3)12-4(2)14-8(5)10/h3-6H2,1-2H3;5-6H,2-4,7-10H2,1H3;1-2H3. The van der Waals surface area contributed by atoms with E-state index in [4.69, 9.17) is 46.4 Å². The summed E-state index contributed by atoms with van der Waals surface area (Å²) in [4.78, 5) is 73.7. The van der Waals surface area contributed by atoms with E-state index in [2.05, 4.69) is 79.7 Å². The minimum absolute atomic E-state index is 0.160. The molecule has 0 radical (unpaired) electrons. The number of aromatic nitrogens is 10. The predicted octanol–water partition coefficient (Wildman–Crippen LogP) is 4.26. The molecule has 0 aromatic carbocycles. The molecule has 2 aliphatic rings. The van der Waals surface area contributed by atoms with E-state index in [-0.39, 0.29) is 22.4 Å². The number of carbonyl (C=O) groups is 2. The molecule has 0 N–H and O–H groups in total. The first-order valence-corrected chi connectivity index (χ1v) is 17.9. The summed E-state index contributed by atoms with van der Waals surface area (Å²) in [6.45, 7) is 21.2. The van der Waals surface area contributed by atoms with Gasteiger partial charge in [-0.25, -0.2) is 29.9 Å². The normalized spacial score (nSPS) is 14.6. The fourth-order valence-corrected chi connectivity index (χ4v) is 6.14. The zero-order chi connectivity index (χ0) is 38.8. The molecule has 6 heterocycles. The Morgan fingerprint density at radius 1 is 0.585 bits per heavy atom. The van der Waals surface area contributed by atoms with E-state index in [1.807, 2.05) is 4.90 Å². The summed E-state index contributed by atoms with van der Waals surface area (Å²) in [6, 6.07) is 0. The van der Waals surface area contributed by atoms with Crippen molar-refractivity contribution in [2.24, 2.45) is 0 Å². The fraction of sp³-hybridized carbons (Fsp3) is 0.438. The molecule has 2 fully saturated rings. The quantitative estimate of drug-likeness (QED) is 0.199. The Labute approximate surface area is 327 Å². The number of carbonyl (C=O) groups excluding carboxylic acids is 2. The van der Waals surface area contributed by atoms with Gasteiger partial charge in [0.15, 0.2) is 10.3 Å². The molecule has 0 bridgehead atoms. The van der Waals surface area contributed by atoms with Crippen LogP contribution in [0.3, 0.4) is 0 Å². The Balaban J connectivity index is 0.000000183. The second-order valence-corrected chi connectivity index (χ2v) is 13.1. The van der Waals surface area contributed by atoms with E-state index >= 15 is 0 Å². The third kappa shape index (κ3) is 11.5. The SMILES string of the molecule is C=CC(=O)N1CN(CCC)CN(C(=O)C=C)C1.Cc1nc(Cl)c2nc(C)nc(Cl)c2n1.Cc1nc(Cl)nc(N2CCN(c3nc(C)nc(Cl)n3)CC2)n1. The number of amides is 2. The van der Waals surface area contributed by atoms with Gasteiger partial charge in [0, 0.05) is 32.7 Å². The number of halogens is 4. The first-order chi connectivity index (χ1) is 25.2. The van der Waals surface area contributed by atoms with Crippen LogP contribution in [0.2, 0.25) is 20.9 Å². The second-order valence-electron chi connectivity index (χ2n) is 11.7. The summed E-state index contributed by atoms with van der Waals surface area (Å²) in [7, 11) is 0. The van der Waals surface area contributed by atoms with Crippen molar-refractivity contribution in [2.75, 3.05) is 62.5 Å². The van der Waals surface area contributed by atoms with E-state index in [9.17, 15) is 9.59 Å². The summed E-state index contributed by atoms with van der Waals surface area (Å²) in [5.41, 5.74) is 0.990. The lowest BCUT2D eigenvalue weighted by atomic mass is 10.3. The molecule has 0 spiro atoms. The van der Waals surface area contributed by atoms with E-state index < -0.39 is 0 Å². The van der Waals surface area contributed by atoms with Crippen LogP contribution in [-0.4, -0.2) is 129 Å². The lowest BCUT2D eigenvalue weighted by Crippen LogP contribution is -2.57. The average molecular weight is 808 g/mol. The zero-order valence-corrected chi connectivity index (χ0v) is 33.0. The first-order valence-electron chi connectivity index (χ1n) is 16.4. The minimum Gasteiger partial charge on any atom is -0.337 e. The van der Waals surface area contributed by atoms with Crippen LogP contribution >= 0.6 is 46.4 Å². The van der Waals surface area contributed by atoms with Crippen LogP contribution in [0.4, 0.5) is 11.9 Å². The van der Waals surface area contributed by atoms with Gasteiger partial charge in [-0.1, -0.05) is 43.3 Å². The number of nitrogens with zero attached hydrogens (tertiary/aromatic N) is 15. The molecule has 6 rings (SSSR count). The molecule has 2 aliphatic heterocycles. The van der Waals surface area contributed by atoms with Gasteiger partial charge in [-0.05, 0) is 69.5 Å². The van der Waals surface area contributed by atoms with E-state index in [0.29, 0.717) is 76.5 Å². The summed E-state index contributed by atoms with van der Waals surface area (Å²) < 4.78 is 0. The number of hydrogen-bond acceptors (Lipinski definition) is 15. The fourth-order valence-electron chi connectivity index (χ4n) is 5.24. The number of rotatable bonds is 6. The molecule has 0 unspecified atom stereocenters. The summed E-state index contributed by atoms with van der Waals surface area (Å²) in [6.07, 6.45) is 3.52. The highest BCUT2D eigenvalue weighted by molar-refractivity contribution is 6.37. The van der Waals surface area contributed by atoms with Crippen molar-refractivity contribution in [3.05, 3.63) is 69.5 Å². The summed E-state index contributed by atoms with van der Waals surface area (Å²) >= 11 is 23.6. The van der Waals surface area contributed by atoms with Crippen LogP contribution in [0.5, 0.6) is 0 Å². The maximum absolute atomic E-state index is 11.6. The monoisotopic (exact) mass is 805 g/mol. The van der Waals surface area contributed by atoms with Gasteiger partial charge >= 0.3 is 0 Å². The minimum atomic E-state index is -0.160. The molecular formula is C32H39Cl4N15O2. The van der Waals surface area contributed by atoms with Crippen LogP contribution in [0.25, 0.3) is 11.0 Å². The third-order valence-electron chi connectivity index (χ3n) is 7.54. The molecule has 17 nitrogen and oxygen atoms in total. The van der Waals surface area contributed by atoms with Crippen molar-refractivity contribution in [3.8, 4) is 0 Å². The van der Waals surface area contributed by atoms with Gasteiger partial charge in [0.2, 0.25) is 34.3 Å². The lowest BCUT2D eigenvalue weighted by Gasteiger charge is -2.41. The summed E-state index contributed by atoms with van der Waals surface area (Å²) in [5, 5.41) is 1.04. The predicted molar refractivity (Wildman–Crippen MR) is 204 cm³/mol. The largest absolute Gasteiger partial charge is 0.337 e. The molecule has 4 aromatic heterocycles. The Morgan fingerprint density at radius 3 is 1.30 bits per heavy atom. The molecule has 0 saturated carbocycles. The molecular weight excluding hydrogens is 768 g/mol. The molecule has 2 saturated heterocycles. The van der Waals surface area contributed by atoms with Gasteiger partial charge in [-0.15, -0.1) is 0 Å². The molecule has 0 atom stereocenters. The maximum atomic E-state index is 11.6. The van der Waals surface area contributed by atoms with E-state index in [1.165, 1.54) is 12.2 Å². The summed E-state index contributed by atoms with van der Waals surface area (Å²) in [5.74, 6) is 3.20. The van der Waals surface area contributed by atoms with Crippen molar-refractivity contribution < 1.29 is 9.59 Å². The van der Waals surface area contributed by atoms with Crippen LogP contribution in [0, 0.1) is 27.7 Å². The first kappa shape index (κ1) is 41.3. The Morgan fingerprint density at radius 2 is 0.962 bits per heavy atom. The average Bonchev–Trinajstić information content (AvgIpc) is 3.11. The van der Waals surface area contributed by atoms with E-state index in [1.54, 1.807) is 37.5 Å². The highest BCUT2D eigenvalue weighted by atomic mass is 35.5. The Hall–Kier alpha value is -4.42. The highest BCUT2D eigenvalue weighted by Crippen LogP contribution is 2.23. The lowest BCUT2D eigenvalue weighted by molar-refractivity contribution is -0.146. The van der Waals surface area contributed by atoms with Gasteiger partial charge < -0.3 is 19.6 Å². The smallest absolute Gasteiger partial charge is 0.248 e. The zero-order valence-electron chi connectivity index (χ0n) is 30.0. The molecule has 282 valence electrons.